The number of amides is 1. The molecular weight excluding hydrogens is 280 g/mol. The van der Waals surface area contributed by atoms with E-state index in [1.165, 1.54) is 11.8 Å². The fraction of sp³-hybridized carbons (Fsp3) is 0.143. The molecule has 2 aromatic rings. The summed E-state index contributed by atoms with van der Waals surface area (Å²) >= 11 is 7.22. The van der Waals surface area contributed by atoms with Crippen LogP contribution in [-0.4, -0.2) is 16.1 Å². The lowest BCUT2D eigenvalue weighted by Gasteiger charge is -2.11. The molecule has 0 aliphatic carbocycles. The largest absolute Gasteiger partial charge is 0.325 e. The lowest BCUT2D eigenvalue weighted by atomic mass is 10.3. The molecule has 1 aromatic carbocycles. The molecule has 2 rings (SSSR count). The summed E-state index contributed by atoms with van der Waals surface area (Å²) in [6.07, 6.45) is 1.71. The number of rotatable bonds is 4. The molecule has 0 saturated carbocycles. The summed E-state index contributed by atoms with van der Waals surface area (Å²) < 4.78 is 0. The molecule has 0 bridgehead atoms. The average Bonchev–Trinajstić information content (AvgIpc) is 2.42. The Balaban J connectivity index is 1.94. The Kier molecular flexibility index (Phi) is 4.82. The molecule has 0 saturated heterocycles. The van der Waals surface area contributed by atoms with E-state index >= 15 is 0 Å². The van der Waals surface area contributed by atoms with Gasteiger partial charge in [0.05, 0.1) is 10.3 Å². The molecule has 0 fully saturated rings. The Labute approximate surface area is 121 Å². The van der Waals surface area contributed by atoms with Gasteiger partial charge in [0.2, 0.25) is 5.91 Å². The van der Waals surface area contributed by atoms with E-state index in [-0.39, 0.29) is 11.2 Å². The minimum absolute atomic E-state index is 0.0574. The van der Waals surface area contributed by atoms with Gasteiger partial charge in [0.25, 0.3) is 0 Å². The third-order valence-corrected chi connectivity index (χ3v) is 3.72. The van der Waals surface area contributed by atoms with Crippen LogP contribution in [0.5, 0.6) is 0 Å². The van der Waals surface area contributed by atoms with Gasteiger partial charge in [-0.3, -0.25) is 4.79 Å². The van der Waals surface area contributed by atoms with Gasteiger partial charge in [-0.05, 0) is 43.3 Å². The van der Waals surface area contributed by atoms with Crippen molar-refractivity contribution in [3.63, 3.8) is 0 Å². The first-order valence-corrected chi connectivity index (χ1v) is 7.05. The quantitative estimate of drug-likeness (QED) is 0.870. The number of aromatic nitrogens is 1. The first kappa shape index (κ1) is 13.9. The van der Waals surface area contributed by atoms with E-state index in [9.17, 15) is 4.79 Å². The zero-order chi connectivity index (χ0) is 13.7. The van der Waals surface area contributed by atoms with Crippen LogP contribution in [0.2, 0.25) is 5.02 Å². The number of hydrogen-bond donors (Lipinski definition) is 1. The van der Waals surface area contributed by atoms with Crippen LogP contribution < -0.4 is 5.32 Å². The first-order valence-electron chi connectivity index (χ1n) is 5.79. The molecule has 1 heterocycles. The third kappa shape index (κ3) is 4.26. The van der Waals surface area contributed by atoms with Crippen LogP contribution in [0.4, 0.5) is 5.69 Å². The number of carbonyl (C=O) groups excluding carboxylic acids is 1. The standard InChI is InChI=1S/C14H13ClN2OS/c1-10(19-13-4-2-3-9-16-13)14(18)17-12-7-5-11(15)6-8-12/h2-10H,1H3,(H,17,18)/t10-/m0/s1. The summed E-state index contributed by atoms with van der Waals surface area (Å²) in [5.74, 6) is -0.0574. The van der Waals surface area contributed by atoms with Crippen molar-refractivity contribution in [3.8, 4) is 0 Å². The zero-order valence-electron chi connectivity index (χ0n) is 10.3. The zero-order valence-corrected chi connectivity index (χ0v) is 11.9. The molecule has 0 spiro atoms. The van der Waals surface area contributed by atoms with Gasteiger partial charge in [-0.15, -0.1) is 0 Å². The molecule has 1 amide bonds. The summed E-state index contributed by atoms with van der Waals surface area (Å²) in [6, 6.07) is 12.7. The van der Waals surface area contributed by atoms with Crippen LogP contribution in [0.15, 0.2) is 53.7 Å². The van der Waals surface area contributed by atoms with Crippen molar-refractivity contribution in [1.29, 1.82) is 0 Å². The van der Waals surface area contributed by atoms with Crippen molar-refractivity contribution in [1.82, 2.24) is 4.98 Å². The Bertz CT molecular complexity index is 545. The van der Waals surface area contributed by atoms with Crippen LogP contribution in [0.3, 0.4) is 0 Å². The topological polar surface area (TPSA) is 42.0 Å². The number of anilines is 1. The van der Waals surface area contributed by atoms with Crippen LogP contribution in [0, 0.1) is 0 Å². The molecular formula is C14H13ClN2OS. The molecule has 3 nitrogen and oxygen atoms in total. The number of thioether (sulfide) groups is 1. The molecule has 5 heteroatoms. The molecule has 0 aliphatic rings. The molecule has 98 valence electrons. The lowest BCUT2D eigenvalue weighted by molar-refractivity contribution is -0.115. The number of pyridine rings is 1. The fourth-order valence-electron chi connectivity index (χ4n) is 1.43. The summed E-state index contributed by atoms with van der Waals surface area (Å²) in [4.78, 5) is 16.2. The second-order valence-electron chi connectivity index (χ2n) is 3.92. The summed E-state index contributed by atoms with van der Waals surface area (Å²) in [7, 11) is 0. The molecule has 0 radical (unpaired) electrons. The lowest BCUT2D eigenvalue weighted by Crippen LogP contribution is -2.22. The number of nitrogens with zero attached hydrogens (tertiary/aromatic N) is 1. The highest BCUT2D eigenvalue weighted by Crippen LogP contribution is 2.22. The maximum Gasteiger partial charge on any atom is 0.237 e. The van der Waals surface area contributed by atoms with Gasteiger partial charge < -0.3 is 5.32 Å². The van der Waals surface area contributed by atoms with E-state index in [4.69, 9.17) is 11.6 Å². The van der Waals surface area contributed by atoms with Crippen molar-refractivity contribution in [3.05, 3.63) is 53.7 Å². The van der Waals surface area contributed by atoms with E-state index in [2.05, 4.69) is 10.3 Å². The molecule has 1 atom stereocenters. The number of halogens is 1. The summed E-state index contributed by atoms with van der Waals surface area (Å²) in [5.41, 5.74) is 0.739. The Hall–Kier alpha value is -1.52. The van der Waals surface area contributed by atoms with Gasteiger partial charge in [-0.25, -0.2) is 4.98 Å². The number of hydrogen-bond acceptors (Lipinski definition) is 3. The maximum atomic E-state index is 12.0. The summed E-state index contributed by atoms with van der Waals surface area (Å²) in [6.45, 7) is 1.85. The Morgan fingerprint density at radius 1 is 1.26 bits per heavy atom. The van der Waals surface area contributed by atoms with Gasteiger partial charge >= 0.3 is 0 Å². The normalized spacial score (nSPS) is 11.9. The number of benzene rings is 1. The smallest absolute Gasteiger partial charge is 0.237 e. The second-order valence-corrected chi connectivity index (χ2v) is 5.72. The Morgan fingerprint density at radius 2 is 2.00 bits per heavy atom. The van der Waals surface area contributed by atoms with Crippen molar-refractivity contribution in [2.75, 3.05) is 5.32 Å². The van der Waals surface area contributed by atoms with E-state index in [0.717, 1.165) is 10.7 Å². The van der Waals surface area contributed by atoms with Gasteiger partial charge in [0.15, 0.2) is 0 Å². The van der Waals surface area contributed by atoms with Gasteiger partial charge in [0.1, 0.15) is 0 Å². The monoisotopic (exact) mass is 292 g/mol. The number of nitrogens with one attached hydrogen (secondary N) is 1. The minimum atomic E-state index is -0.217. The predicted octanol–water partition coefficient (Wildman–Crippen LogP) is 3.85. The molecule has 0 unspecified atom stereocenters. The highest BCUT2D eigenvalue weighted by molar-refractivity contribution is 8.00. The van der Waals surface area contributed by atoms with Crippen molar-refractivity contribution in [2.24, 2.45) is 0 Å². The third-order valence-electron chi connectivity index (χ3n) is 2.42. The molecule has 0 aliphatic heterocycles. The van der Waals surface area contributed by atoms with Crippen LogP contribution in [0.1, 0.15) is 6.92 Å². The van der Waals surface area contributed by atoms with Gasteiger partial charge in [-0.2, -0.15) is 0 Å². The van der Waals surface area contributed by atoms with Gasteiger partial charge in [-0.1, -0.05) is 29.4 Å². The van der Waals surface area contributed by atoms with E-state index in [1.807, 2.05) is 25.1 Å². The van der Waals surface area contributed by atoms with Crippen molar-refractivity contribution < 1.29 is 4.79 Å². The van der Waals surface area contributed by atoms with Crippen LogP contribution >= 0.6 is 23.4 Å². The fourth-order valence-corrected chi connectivity index (χ4v) is 2.36. The molecule has 19 heavy (non-hydrogen) atoms. The van der Waals surface area contributed by atoms with E-state index in [1.54, 1.807) is 30.5 Å². The van der Waals surface area contributed by atoms with Gasteiger partial charge in [0, 0.05) is 16.9 Å². The highest BCUT2D eigenvalue weighted by atomic mass is 35.5. The molecule has 1 aromatic heterocycles. The Morgan fingerprint density at radius 3 is 2.63 bits per heavy atom. The highest BCUT2D eigenvalue weighted by Gasteiger charge is 2.14. The average molecular weight is 293 g/mol. The molecule has 1 N–H and O–H groups in total. The van der Waals surface area contributed by atoms with E-state index in [0.29, 0.717) is 5.02 Å². The predicted molar refractivity (Wildman–Crippen MR) is 79.6 cm³/mol. The number of carbonyl (C=O) groups is 1. The van der Waals surface area contributed by atoms with Crippen LogP contribution in [0.25, 0.3) is 0 Å². The second kappa shape index (κ2) is 6.59. The van der Waals surface area contributed by atoms with E-state index < -0.39 is 0 Å². The van der Waals surface area contributed by atoms with Crippen molar-refractivity contribution in [2.45, 2.75) is 17.2 Å². The summed E-state index contributed by atoms with van der Waals surface area (Å²) in [5, 5.41) is 4.11. The maximum absolute atomic E-state index is 12.0. The first-order chi connectivity index (χ1) is 9.15. The SMILES string of the molecule is C[C@H](Sc1ccccn1)C(=O)Nc1ccc(Cl)cc1. The van der Waals surface area contributed by atoms with Crippen LogP contribution in [-0.2, 0) is 4.79 Å². The minimum Gasteiger partial charge on any atom is -0.325 e. The van der Waals surface area contributed by atoms with Crippen molar-refractivity contribution >= 4 is 35.0 Å².